The van der Waals surface area contributed by atoms with Crippen LogP contribution >= 0.6 is 0 Å². The number of piperidine rings is 11. The molecule has 11 N–H and O–H groups in total. The molecular formula is C110H189N11O12. The Balaban J connectivity index is 0.00000187. The molecule has 11 rings (SSSR count). The smallest absolute Gasteiger partial charge is 0.230 e. The molecule has 0 spiro atoms. The third kappa shape index (κ3) is 45.2. The summed E-state index contributed by atoms with van der Waals surface area (Å²) in [5.41, 5.74) is -6.12. The monoisotopic (exact) mass is 1900 g/mol. The maximum atomic E-state index is 12.0. The van der Waals surface area contributed by atoms with E-state index in [0.29, 0.717) is 33.0 Å². The summed E-state index contributed by atoms with van der Waals surface area (Å²) >= 11 is 0. The third-order valence-electron chi connectivity index (χ3n) is 20.6. The van der Waals surface area contributed by atoms with Crippen LogP contribution in [0.25, 0.3) is 0 Å². The van der Waals surface area contributed by atoms with Crippen LogP contribution in [0.1, 0.15) is 419 Å². The van der Waals surface area contributed by atoms with Gasteiger partial charge in [-0.15, -0.1) is 0 Å². The van der Waals surface area contributed by atoms with Crippen molar-refractivity contribution in [1.82, 2.24) is 58.4 Å². The van der Waals surface area contributed by atoms with E-state index in [-0.39, 0.29) is 117 Å². The summed E-state index contributed by atoms with van der Waals surface area (Å²) in [5.74, 6) is -16.1. The number of rotatable bonds is 0. The van der Waals surface area contributed by atoms with Crippen LogP contribution in [0.5, 0.6) is 0 Å². The lowest BCUT2D eigenvalue weighted by Crippen LogP contribution is -2.45. The average molecular weight is 1900 g/mol. The fourth-order valence-electron chi connectivity index (χ4n) is 12.7. The van der Waals surface area contributed by atoms with Crippen LogP contribution in [-0.2, 0) is 57.5 Å². The minimum absolute atomic E-state index is 0. The van der Waals surface area contributed by atoms with E-state index in [4.69, 9.17) is 53.8 Å². The van der Waals surface area contributed by atoms with Gasteiger partial charge in [0, 0.05) is 171 Å². The first-order valence-corrected chi connectivity index (χ1v) is 43.8. The van der Waals surface area contributed by atoms with E-state index in [0.717, 1.165) is 10.6 Å². The molecule has 11 heterocycles. The van der Waals surface area contributed by atoms with Crippen molar-refractivity contribution in [3.63, 3.8) is 0 Å². The first-order valence-electron chi connectivity index (χ1n) is 63.4. The van der Waals surface area contributed by atoms with Gasteiger partial charge in [0.2, 0.25) is 70.9 Å². The maximum absolute atomic E-state index is 12.0. The molecule has 0 aromatic heterocycles. The van der Waals surface area contributed by atoms with Crippen molar-refractivity contribution in [3.8, 4) is 0 Å². The molecule has 0 aromatic carbocycles. The van der Waals surface area contributed by atoms with E-state index in [1.54, 1.807) is 125 Å². The number of imide groups is 1. The second-order valence-corrected chi connectivity index (χ2v) is 45.0. The second kappa shape index (κ2) is 51.4. The van der Waals surface area contributed by atoms with Gasteiger partial charge in [-0.3, -0.25) is 62.8 Å². The summed E-state index contributed by atoms with van der Waals surface area (Å²) in [6, 6.07) is 0. The van der Waals surface area contributed by atoms with Gasteiger partial charge in [-0.25, -0.2) is 0 Å². The van der Waals surface area contributed by atoms with Crippen LogP contribution in [0.3, 0.4) is 0 Å². The molecule has 11 fully saturated rings. The van der Waals surface area contributed by atoms with Crippen molar-refractivity contribution >= 4 is 70.9 Å². The summed E-state index contributed by atoms with van der Waals surface area (Å²) < 4.78 is 301. The van der Waals surface area contributed by atoms with E-state index in [1.165, 1.54) is 0 Å². The highest BCUT2D eigenvalue weighted by atomic mass is 16.2. The number of nitrogens with one attached hydrogen (secondary N) is 11. The first-order chi connectivity index (χ1) is 74.9. The SMILES string of the molecule is C.[2H]C1([2H])C(=C)NC(=O)C(C(C)(C)C)C1([2H])[2H].[2H]C1C(=C)N([2H])C(=O)C(C(C)(C)C)C1([2H])[2H].[2H]C1C(=C)N([2H])C(=O)C(C(C)(C)C)C1[2H].[2H]C1C(=C)NC(=O)C(C(C)(C)C)C1([2H])[2H].[2H]C1C(C(C)(C)C)C(=O)N([2H])C(=C)C1([2H])[2H].[2H]C1C(C(C)(C)C)C(=O)NC(=C)C1([2H])[2H].[2H]C1CC(C(C)(C)C)C(=O)N([2H])C1=C.[2H]N1C(=C)C([2H])([2H])C([2H])([2H])C(C(C)(C)C)C1=O.[2H]N1C(=C)C([2H])([2H])CC(C(C)(C)C)C1=O.[2H]N1C(=C)CC([2H])([2H])C(C(C)(C)C)C1=O.[2H]N1C(=O)C(C(C)(C)C)C([2H])([2H])C([2H])([2H])C1=O. The van der Waals surface area contributed by atoms with E-state index in [9.17, 15) is 57.5 Å². The Morgan fingerprint density at radius 1 is 0.211 bits per heavy atom. The Morgan fingerprint density at radius 2 is 0.436 bits per heavy atom. The van der Waals surface area contributed by atoms with Gasteiger partial charge in [0.15, 0.2) is 11.3 Å². The Morgan fingerprint density at radius 3 is 0.827 bits per heavy atom. The molecule has 133 heavy (non-hydrogen) atoms. The third-order valence-corrected chi connectivity index (χ3v) is 20.6. The van der Waals surface area contributed by atoms with E-state index >= 15 is 0 Å². The summed E-state index contributed by atoms with van der Waals surface area (Å²) in [7, 11) is 0. The van der Waals surface area contributed by atoms with Crippen LogP contribution in [-0.4, -0.2) is 70.9 Å². The van der Waals surface area contributed by atoms with Gasteiger partial charge in [0.25, 0.3) is 0 Å². The normalized spacial score (nSPS) is 38.5. The number of carbonyl (C=O) groups is 12. The lowest BCUT2D eigenvalue weighted by atomic mass is 9.76. The Kier molecular flexibility index (Phi) is 27.7. The number of allylic oxidation sites excluding steroid dienone is 10. The molecule has 756 valence electrons. The van der Waals surface area contributed by atoms with Crippen molar-refractivity contribution in [2.75, 3.05) is 0 Å². The highest BCUT2D eigenvalue weighted by Crippen LogP contribution is 2.42. The van der Waals surface area contributed by atoms with Crippen molar-refractivity contribution in [3.05, 3.63) is 123 Å². The predicted molar refractivity (Wildman–Crippen MR) is 547 cm³/mol. The molecule has 0 bridgehead atoms. The molecule has 0 aromatic rings. The zero-order valence-electron chi connectivity index (χ0n) is 124. The zero-order chi connectivity index (χ0) is 137. The Hall–Kier alpha value is -8.76. The largest absolute Gasteiger partial charge is 0.330 e. The molecule has 11 aliphatic rings. The summed E-state index contributed by atoms with van der Waals surface area (Å²) in [4.78, 5) is 141. The fraction of sp³-hybridized carbons (Fsp3) is 0.709. The van der Waals surface area contributed by atoms with E-state index in [1.807, 2.05) is 104 Å². The highest BCUT2D eigenvalue weighted by Gasteiger charge is 2.43. The maximum Gasteiger partial charge on any atom is 0.230 e. The topological polar surface area (TPSA) is 337 Å². The molecule has 0 radical (unpaired) electrons. The number of hydrogen-bond donors (Lipinski definition) is 11. The highest BCUT2D eigenvalue weighted by molar-refractivity contribution is 5.99. The Labute approximate surface area is 862 Å². The number of hydrogen-bond acceptors (Lipinski definition) is 12. The molecule has 18 atom stereocenters. The van der Waals surface area contributed by atoms with Gasteiger partial charge < -0.3 is 53.1 Å². The molecule has 18 unspecified atom stereocenters. The molecule has 12 amide bonds. The summed E-state index contributed by atoms with van der Waals surface area (Å²) in [5, 5.41) is 11.4. The standard InChI is InChI=1S/10C10H17NO.C9H15NO2.CH4/c10*1-7-5-6-8(9(12)11-7)10(2,3)4;1-9(2,3)6-4-5-7(11)10-8(6)12;/h10*8H,1,5-6H2,2-4H3,(H,11,12);6H,4-5H2,1-3H3,(H,10,11,12);1H4/i2*5D2,6D2;2*5D2,6D;2*5D,6D2;5D,6D;6D2;5D2;5D;4D2,5D2;/hD8. The number of amides is 12. The van der Waals surface area contributed by atoms with Gasteiger partial charge in [-0.1, -0.05) is 302 Å². The fourth-order valence-corrected chi connectivity index (χ4v) is 12.7. The van der Waals surface area contributed by atoms with Gasteiger partial charge >= 0.3 is 0 Å². The molecule has 0 saturated carbocycles. The van der Waals surface area contributed by atoms with Crippen molar-refractivity contribution in [2.24, 2.45) is 125 Å². The first kappa shape index (κ1) is 71.7. The van der Waals surface area contributed by atoms with Gasteiger partial charge in [-0.2, -0.15) is 0 Å². The van der Waals surface area contributed by atoms with Crippen molar-refractivity contribution in [2.45, 2.75) is 376 Å². The van der Waals surface area contributed by atoms with E-state index in [2.05, 4.69) is 81.7 Å². The van der Waals surface area contributed by atoms with E-state index < -0.39 is 282 Å². The number of carbonyl (C=O) groups excluding carboxylic acids is 12. The Bertz CT molecular complexity index is 5880. The molecule has 23 nitrogen and oxygen atoms in total. The molecule has 0 aliphatic carbocycles. The molecular weight excluding hydrogens is 1670 g/mol. The van der Waals surface area contributed by atoms with Crippen LogP contribution in [0.15, 0.2) is 123 Å². The lowest BCUT2D eigenvalue weighted by Gasteiger charge is -2.33. The second-order valence-electron chi connectivity index (χ2n) is 45.0. The zero-order valence-corrected chi connectivity index (χ0v) is 85.1. The minimum Gasteiger partial charge on any atom is -0.330 e. The van der Waals surface area contributed by atoms with Crippen LogP contribution < -0.4 is 58.4 Å². The minimum atomic E-state index is -2.87. The lowest BCUT2D eigenvalue weighted by molar-refractivity contribution is -0.139. The van der Waals surface area contributed by atoms with Crippen molar-refractivity contribution in [1.29, 1.82) is 0 Å². The summed E-state index contributed by atoms with van der Waals surface area (Å²) in [6.07, 6.45) is -32.1. The molecule has 23 heteroatoms. The van der Waals surface area contributed by atoms with Gasteiger partial charge in [0.1, 0.15) is 0 Å². The average Bonchev–Trinajstić information content (AvgIpc) is 0.717. The quantitative estimate of drug-likeness (QED) is 0.101. The molecule has 11 saturated heterocycles. The van der Waals surface area contributed by atoms with Gasteiger partial charge in [-0.05, 0) is 194 Å². The van der Waals surface area contributed by atoms with Crippen molar-refractivity contribution < 1.29 is 111 Å². The van der Waals surface area contributed by atoms with Crippen LogP contribution in [0.4, 0.5) is 0 Å². The summed E-state index contributed by atoms with van der Waals surface area (Å²) in [6.45, 7) is 93.4. The van der Waals surface area contributed by atoms with Crippen LogP contribution in [0, 0.1) is 125 Å². The van der Waals surface area contributed by atoms with Gasteiger partial charge in [0.05, 0.1) is 0 Å². The van der Waals surface area contributed by atoms with Crippen LogP contribution in [0.2, 0.25) is 11.3 Å². The molecule has 11 aliphatic heterocycles. The predicted octanol–water partition coefficient (Wildman–Crippen LogP) is 22.4.